The van der Waals surface area contributed by atoms with Crippen LogP contribution in [-0.2, 0) is 4.74 Å². The van der Waals surface area contributed by atoms with Crippen LogP contribution in [0.4, 0.5) is 0 Å². The monoisotopic (exact) mass is 227 g/mol. The van der Waals surface area contributed by atoms with Gasteiger partial charge in [-0.1, -0.05) is 19.8 Å². The fourth-order valence-corrected chi connectivity index (χ4v) is 3.10. The van der Waals surface area contributed by atoms with E-state index in [1.807, 2.05) is 6.92 Å². The lowest BCUT2D eigenvalue weighted by Gasteiger charge is -2.29. The van der Waals surface area contributed by atoms with Gasteiger partial charge in [0, 0.05) is 25.6 Å². The van der Waals surface area contributed by atoms with Crippen molar-refractivity contribution in [1.82, 2.24) is 5.32 Å². The second-order valence-electron chi connectivity index (χ2n) is 5.45. The maximum absolute atomic E-state index is 10.4. The Morgan fingerprint density at radius 1 is 1.44 bits per heavy atom. The predicted molar refractivity (Wildman–Crippen MR) is 64.4 cm³/mol. The molecule has 2 fully saturated rings. The van der Waals surface area contributed by atoms with Crippen molar-refractivity contribution in [3.8, 4) is 0 Å². The topological polar surface area (TPSA) is 41.5 Å². The van der Waals surface area contributed by atoms with Gasteiger partial charge < -0.3 is 15.2 Å². The zero-order chi connectivity index (χ0) is 11.6. The van der Waals surface area contributed by atoms with Gasteiger partial charge in [0.25, 0.3) is 0 Å². The summed E-state index contributed by atoms with van der Waals surface area (Å²) in [7, 11) is 0. The highest BCUT2D eigenvalue weighted by Gasteiger charge is 2.40. The smallest absolute Gasteiger partial charge is 0.105 e. The molecule has 0 aromatic rings. The third-order valence-electron chi connectivity index (χ3n) is 4.51. The summed E-state index contributed by atoms with van der Waals surface area (Å²) >= 11 is 0. The molecule has 16 heavy (non-hydrogen) atoms. The average molecular weight is 227 g/mol. The zero-order valence-electron chi connectivity index (χ0n) is 10.5. The third-order valence-corrected chi connectivity index (χ3v) is 4.51. The molecule has 4 unspecified atom stereocenters. The summed E-state index contributed by atoms with van der Waals surface area (Å²) in [5.74, 6) is 0.807. The minimum Gasteiger partial charge on any atom is -0.386 e. The van der Waals surface area contributed by atoms with E-state index in [4.69, 9.17) is 4.74 Å². The molecule has 0 radical (unpaired) electrons. The highest BCUT2D eigenvalue weighted by Crippen LogP contribution is 2.30. The fourth-order valence-electron chi connectivity index (χ4n) is 3.10. The summed E-state index contributed by atoms with van der Waals surface area (Å²) < 4.78 is 5.45. The Hall–Kier alpha value is -0.120. The molecular formula is C13H25NO2. The maximum Gasteiger partial charge on any atom is 0.105 e. The molecular weight excluding hydrogens is 202 g/mol. The molecule has 0 bridgehead atoms. The van der Waals surface area contributed by atoms with Crippen LogP contribution < -0.4 is 5.32 Å². The van der Waals surface area contributed by atoms with E-state index in [2.05, 4.69) is 12.2 Å². The molecule has 1 aliphatic carbocycles. The fraction of sp³-hybridized carbons (Fsp3) is 1.00. The second-order valence-corrected chi connectivity index (χ2v) is 5.45. The van der Waals surface area contributed by atoms with Gasteiger partial charge in [-0.15, -0.1) is 0 Å². The summed E-state index contributed by atoms with van der Waals surface area (Å²) in [5.41, 5.74) is -0.638. The van der Waals surface area contributed by atoms with Crippen LogP contribution in [-0.4, -0.2) is 36.0 Å². The highest BCUT2D eigenvalue weighted by atomic mass is 16.5. The molecule has 0 aromatic carbocycles. The first-order valence-corrected chi connectivity index (χ1v) is 6.73. The van der Waals surface area contributed by atoms with Gasteiger partial charge in [-0.3, -0.25) is 0 Å². The van der Waals surface area contributed by atoms with Crippen molar-refractivity contribution in [3.05, 3.63) is 0 Å². The van der Waals surface area contributed by atoms with E-state index in [1.54, 1.807) is 0 Å². The maximum atomic E-state index is 10.4. The summed E-state index contributed by atoms with van der Waals surface area (Å²) in [6.45, 7) is 5.62. The first-order valence-electron chi connectivity index (χ1n) is 6.73. The number of nitrogens with one attached hydrogen (secondary N) is 1. The Labute approximate surface area is 98.6 Å². The molecule has 0 aromatic heterocycles. The molecule has 2 aliphatic rings. The van der Waals surface area contributed by atoms with E-state index in [9.17, 15) is 5.11 Å². The number of hydrogen-bond donors (Lipinski definition) is 2. The van der Waals surface area contributed by atoms with Gasteiger partial charge in [-0.2, -0.15) is 0 Å². The van der Waals surface area contributed by atoms with Crippen molar-refractivity contribution in [3.63, 3.8) is 0 Å². The lowest BCUT2D eigenvalue weighted by atomic mass is 9.94. The van der Waals surface area contributed by atoms with Crippen molar-refractivity contribution in [2.45, 2.75) is 63.7 Å². The van der Waals surface area contributed by atoms with Crippen molar-refractivity contribution in [2.75, 3.05) is 13.2 Å². The average Bonchev–Trinajstić information content (AvgIpc) is 2.84. The van der Waals surface area contributed by atoms with Gasteiger partial charge in [0.1, 0.15) is 5.60 Å². The van der Waals surface area contributed by atoms with E-state index < -0.39 is 5.60 Å². The number of rotatable bonds is 4. The van der Waals surface area contributed by atoms with Gasteiger partial charge in [-0.05, 0) is 25.7 Å². The lowest BCUT2D eigenvalue weighted by Crippen LogP contribution is -2.49. The SMILES string of the molecule is CCC1CCCC1NCC1(O)CCOC1C. The number of aliphatic hydroxyl groups is 1. The molecule has 94 valence electrons. The van der Waals surface area contributed by atoms with Crippen LogP contribution in [0.5, 0.6) is 0 Å². The minimum atomic E-state index is -0.638. The molecule has 0 spiro atoms. The molecule has 4 atom stereocenters. The first-order chi connectivity index (χ1) is 7.65. The van der Waals surface area contributed by atoms with Crippen molar-refractivity contribution in [2.24, 2.45) is 5.92 Å². The van der Waals surface area contributed by atoms with Gasteiger partial charge >= 0.3 is 0 Å². The van der Waals surface area contributed by atoms with Gasteiger partial charge in [0.05, 0.1) is 6.10 Å². The molecule has 3 nitrogen and oxygen atoms in total. The van der Waals surface area contributed by atoms with Crippen molar-refractivity contribution < 1.29 is 9.84 Å². The molecule has 1 saturated heterocycles. The second kappa shape index (κ2) is 5.03. The Morgan fingerprint density at radius 3 is 2.88 bits per heavy atom. The highest BCUT2D eigenvalue weighted by molar-refractivity contribution is 4.94. The van der Waals surface area contributed by atoms with Gasteiger partial charge in [0.2, 0.25) is 0 Å². The molecule has 2 N–H and O–H groups in total. The molecule has 1 saturated carbocycles. The summed E-state index contributed by atoms with van der Waals surface area (Å²) in [6.07, 6.45) is 5.94. The third kappa shape index (κ3) is 2.41. The Morgan fingerprint density at radius 2 is 2.25 bits per heavy atom. The van der Waals surface area contributed by atoms with Crippen LogP contribution in [0.3, 0.4) is 0 Å². The standard InChI is InChI=1S/C13H25NO2/c1-3-11-5-4-6-12(11)14-9-13(15)7-8-16-10(13)2/h10-12,14-15H,3-9H2,1-2H3. The van der Waals surface area contributed by atoms with E-state index in [1.165, 1.54) is 25.7 Å². The normalized spacial score (nSPS) is 44.1. The van der Waals surface area contributed by atoms with Crippen molar-refractivity contribution >= 4 is 0 Å². The van der Waals surface area contributed by atoms with E-state index in [0.29, 0.717) is 19.2 Å². The molecule has 3 heteroatoms. The minimum absolute atomic E-state index is 0.0264. The quantitative estimate of drug-likeness (QED) is 0.768. The van der Waals surface area contributed by atoms with Crippen LogP contribution in [0.2, 0.25) is 0 Å². The van der Waals surface area contributed by atoms with E-state index in [0.717, 1.165) is 12.3 Å². The van der Waals surface area contributed by atoms with Crippen LogP contribution >= 0.6 is 0 Å². The predicted octanol–water partition coefficient (Wildman–Crippen LogP) is 1.69. The summed E-state index contributed by atoms with van der Waals surface area (Å²) in [6, 6.07) is 0.613. The van der Waals surface area contributed by atoms with E-state index in [-0.39, 0.29) is 6.10 Å². The van der Waals surface area contributed by atoms with Crippen LogP contribution in [0.25, 0.3) is 0 Å². The summed E-state index contributed by atoms with van der Waals surface area (Å²) in [4.78, 5) is 0. The van der Waals surface area contributed by atoms with Gasteiger partial charge in [-0.25, -0.2) is 0 Å². The molecule has 2 rings (SSSR count). The Kier molecular flexibility index (Phi) is 3.88. The molecule has 1 aliphatic heterocycles. The Balaban J connectivity index is 1.82. The largest absolute Gasteiger partial charge is 0.386 e. The summed E-state index contributed by atoms with van der Waals surface area (Å²) in [5, 5.41) is 14.0. The van der Waals surface area contributed by atoms with Crippen LogP contribution in [0, 0.1) is 5.92 Å². The van der Waals surface area contributed by atoms with Crippen LogP contribution in [0.15, 0.2) is 0 Å². The van der Waals surface area contributed by atoms with Crippen molar-refractivity contribution in [1.29, 1.82) is 0 Å². The number of ether oxygens (including phenoxy) is 1. The van der Waals surface area contributed by atoms with Crippen LogP contribution in [0.1, 0.15) is 46.0 Å². The molecule has 0 amide bonds. The number of hydrogen-bond acceptors (Lipinski definition) is 3. The molecule has 1 heterocycles. The lowest BCUT2D eigenvalue weighted by molar-refractivity contribution is -0.0283. The van der Waals surface area contributed by atoms with Gasteiger partial charge in [0.15, 0.2) is 0 Å². The Bertz CT molecular complexity index is 234. The zero-order valence-corrected chi connectivity index (χ0v) is 10.5. The van der Waals surface area contributed by atoms with E-state index >= 15 is 0 Å². The first kappa shape index (κ1) is 12.3.